The van der Waals surface area contributed by atoms with E-state index < -0.39 is 0 Å². The second kappa shape index (κ2) is 6.50. The lowest BCUT2D eigenvalue weighted by Gasteiger charge is -2.37. The van der Waals surface area contributed by atoms with Crippen LogP contribution < -0.4 is 5.73 Å². The molecule has 1 saturated heterocycles. The van der Waals surface area contributed by atoms with Gasteiger partial charge in [0.05, 0.1) is 0 Å². The van der Waals surface area contributed by atoms with Crippen molar-refractivity contribution in [2.45, 2.75) is 13.0 Å². The van der Waals surface area contributed by atoms with Crippen LogP contribution in [-0.4, -0.2) is 54.5 Å². The minimum absolute atomic E-state index is 0.118. The molecule has 1 atom stereocenters. The summed E-state index contributed by atoms with van der Waals surface area (Å²) < 4.78 is 0.991. The number of rotatable bonds is 3. The third kappa shape index (κ3) is 3.55. The smallest absolute Gasteiger partial charge is 0.253 e. The number of piperazine rings is 1. The molecule has 4 nitrogen and oxygen atoms in total. The molecule has 2 N–H and O–H groups in total. The van der Waals surface area contributed by atoms with Gasteiger partial charge >= 0.3 is 0 Å². The molecule has 5 heteroatoms. The first-order valence-electron chi connectivity index (χ1n) is 6.61. The zero-order valence-corrected chi connectivity index (χ0v) is 12.8. The third-order valence-corrected chi connectivity index (χ3v) is 4.19. The molecule has 1 unspecified atom stereocenters. The van der Waals surface area contributed by atoms with Gasteiger partial charge in [0.2, 0.25) is 0 Å². The van der Waals surface area contributed by atoms with E-state index in [2.05, 4.69) is 27.8 Å². The van der Waals surface area contributed by atoms with Crippen LogP contribution in [0.1, 0.15) is 17.3 Å². The SMILES string of the molecule is CC(CN)N1CCN(C(=O)c2ccc(Br)cc2)CC1. The van der Waals surface area contributed by atoms with Gasteiger partial charge in [0.1, 0.15) is 0 Å². The summed E-state index contributed by atoms with van der Waals surface area (Å²) in [6.45, 7) is 6.16. The second-order valence-electron chi connectivity index (χ2n) is 4.92. The zero-order chi connectivity index (χ0) is 13.8. The standard InChI is InChI=1S/C14H20BrN3O/c1-11(10-16)17-6-8-18(9-7-17)14(19)12-2-4-13(15)5-3-12/h2-5,11H,6-10,16H2,1H3. The molecule has 1 heterocycles. The average molecular weight is 326 g/mol. The molecule has 104 valence electrons. The Morgan fingerprint density at radius 2 is 1.84 bits per heavy atom. The summed E-state index contributed by atoms with van der Waals surface area (Å²) in [5.41, 5.74) is 6.43. The molecule has 1 aliphatic rings. The van der Waals surface area contributed by atoms with Crippen molar-refractivity contribution < 1.29 is 4.79 Å². The Hall–Kier alpha value is -0.910. The predicted molar refractivity (Wildman–Crippen MR) is 80.1 cm³/mol. The Morgan fingerprint density at radius 1 is 1.26 bits per heavy atom. The van der Waals surface area contributed by atoms with Crippen LogP contribution in [0.5, 0.6) is 0 Å². The van der Waals surface area contributed by atoms with Crippen molar-refractivity contribution in [3.63, 3.8) is 0 Å². The van der Waals surface area contributed by atoms with E-state index in [1.807, 2.05) is 29.2 Å². The van der Waals surface area contributed by atoms with Gasteiger partial charge in [-0.05, 0) is 31.2 Å². The van der Waals surface area contributed by atoms with E-state index in [4.69, 9.17) is 5.73 Å². The lowest BCUT2D eigenvalue weighted by Crippen LogP contribution is -2.52. The van der Waals surface area contributed by atoms with Crippen molar-refractivity contribution in [3.05, 3.63) is 34.3 Å². The molecule has 0 spiro atoms. The number of halogens is 1. The highest BCUT2D eigenvalue weighted by Crippen LogP contribution is 2.14. The van der Waals surface area contributed by atoms with Crippen molar-refractivity contribution >= 4 is 21.8 Å². The van der Waals surface area contributed by atoms with E-state index in [1.165, 1.54) is 0 Å². The molecule has 0 radical (unpaired) electrons. The summed E-state index contributed by atoms with van der Waals surface area (Å²) in [7, 11) is 0. The van der Waals surface area contributed by atoms with E-state index in [-0.39, 0.29) is 5.91 Å². The Kier molecular flexibility index (Phi) is 4.96. The van der Waals surface area contributed by atoms with Crippen molar-refractivity contribution in [1.29, 1.82) is 0 Å². The fourth-order valence-corrected chi connectivity index (χ4v) is 2.55. The van der Waals surface area contributed by atoms with Gasteiger partial charge in [0.25, 0.3) is 5.91 Å². The van der Waals surface area contributed by atoms with E-state index >= 15 is 0 Å². The maximum absolute atomic E-state index is 12.3. The highest BCUT2D eigenvalue weighted by Gasteiger charge is 2.23. The Labute approximate surface area is 122 Å². The minimum atomic E-state index is 0.118. The average Bonchev–Trinajstić information content (AvgIpc) is 2.46. The van der Waals surface area contributed by atoms with Gasteiger partial charge < -0.3 is 10.6 Å². The van der Waals surface area contributed by atoms with E-state index in [0.717, 1.165) is 36.2 Å². The van der Waals surface area contributed by atoms with Gasteiger partial charge in [0.15, 0.2) is 0 Å². The van der Waals surface area contributed by atoms with Crippen molar-refractivity contribution in [2.24, 2.45) is 5.73 Å². The topological polar surface area (TPSA) is 49.6 Å². The van der Waals surface area contributed by atoms with Crippen LogP contribution in [0, 0.1) is 0 Å². The van der Waals surface area contributed by atoms with E-state index in [0.29, 0.717) is 12.6 Å². The molecular formula is C14H20BrN3O. The first-order chi connectivity index (χ1) is 9.11. The highest BCUT2D eigenvalue weighted by atomic mass is 79.9. The van der Waals surface area contributed by atoms with Gasteiger partial charge in [-0.1, -0.05) is 15.9 Å². The van der Waals surface area contributed by atoms with Gasteiger partial charge in [0, 0.05) is 48.8 Å². The van der Waals surface area contributed by atoms with Crippen LogP contribution in [0.25, 0.3) is 0 Å². The molecule has 0 saturated carbocycles. The first kappa shape index (κ1) is 14.5. The minimum Gasteiger partial charge on any atom is -0.336 e. The second-order valence-corrected chi connectivity index (χ2v) is 5.84. The third-order valence-electron chi connectivity index (χ3n) is 3.66. The molecule has 2 rings (SSSR count). The lowest BCUT2D eigenvalue weighted by atomic mass is 10.1. The maximum Gasteiger partial charge on any atom is 0.253 e. The van der Waals surface area contributed by atoms with Crippen molar-refractivity contribution in [2.75, 3.05) is 32.7 Å². The predicted octanol–water partition coefficient (Wildman–Crippen LogP) is 1.55. The summed E-state index contributed by atoms with van der Waals surface area (Å²) in [6, 6.07) is 7.92. The molecule has 1 amide bonds. The van der Waals surface area contributed by atoms with Crippen molar-refractivity contribution in [3.8, 4) is 0 Å². The van der Waals surface area contributed by atoms with Gasteiger partial charge in [-0.25, -0.2) is 0 Å². The van der Waals surface area contributed by atoms with Crippen LogP contribution >= 0.6 is 15.9 Å². The molecule has 0 aliphatic carbocycles. The number of nitrogens with zero attached hydrogens (tertiary/aromatic N) is 2. The highest BCUT2D eigenvalue weighted by molar-refractivity contribution is 9.10. The largest absolute Gasteiger partial charge is 0.336 e. The molecule has 1 aromatic carbocycles. The number of carbonyl (C=O) groups excluding carboxylic acids is 1. The Morgan fingerprint density at radius 3 is 2.37 bits per heavy atom. The fraction of sp³-hybridized carbons (Fsp3) is 0.500. The molecule has 0 bridgehead atoms. The van der Waals surface area contributed by atoms with Crippen LogP contribution in [0.4, 0.5) is 0 Å². The van der Waals surface area contributed by atoms with Crippen LogP contribution in [0.2, 0.25) is 0 Å². The maximum atomic E-state index is 12.3. The number of hydrogen-bond donors (Lipinski definition) is 1. The van der Waals surface area contributed by atoms with Crippen LogP contribution in [0.3, 0.4) is 0 Å². The van der Waals surface area contributed by atoms with E-state index in [1.54, 1.807) is 0 Å². The van der Waals surface area contributed by atoms with Gasteiger partial charge in [-0.15, -0.1) is 0 Å². The lowest BCUT2D eigenvalue weighted by molar-refractivity contribution is 0.0589. The van der Waals surface area contributed by atoms with Crippen LogP contribution in [0.15, 0.2) is 28.7 Å². The monoisotopic (exact) mass is 325 g/mol. The van der Waals surface area contributed by atoms with Gasteiger partial charge in [-0.3, -0.25) is 9.69 Å². The quantitative estimate of drug-likeness (QED) is 0.917. The molecule has 1 aliphatic heterocycles. The molecule has 19 heavy (non-hydrogen) atoms. The van der Waals surface area contributed by atoms with Crippen LogP contribution in [-0.2, 0) is 0 Å². The number of benzene rings is 1. The normalized spacial score (nSPS) is 18.4. The number of amides is 1. The molecule has 0 aromatic heterocycles. The fourth-order valence-electron chi connectivity index (χ4n) is 2.29. The Bertz CT molecular complexity index is 427. The molecular weight excluding hydrogens is 306 g/mol. The number of hydrogen-bond acceptors (Lipinski definition) is 3. The number of carbonyl (C=O) groups is 1. The zero-order valence-electron chi connectivity index (χ0n) is 11.2. The summed E-state index contributed by atoms with van der Waals surface area (Å²) in [5.74, 6) is 0.118. The number of nitrogens with two attached hydrogens (primary N) is 1. The van der Waals surface area contributed by atoms with E-state index in [9.17, 15) is 4.79 Å². The summed E-state index contributed by atoms with van der Waals surface area (Å²) in [6.07, 6.45) is 0. The first-order valence-corrected chi connectivity index (χ1v) is 7.40. The van der Waals surface area contributed by atoms with Crippen molar-refractivity contribution in [1.82, 2.24) is 9.80 Å². The Balaban J connectivity index is 1.94. The van der Waals surface area contributed by atoms with Gasteiger partial charge in [-0.2, -0.15) is 0 Å². The molecule has 1 aromatic rings. The summed E-state index contributed by atoms with van der Waals surface area (Å²) in [5, 5.41) is 0. The summed E-state index contributed by atoms with van der Waals surface area (Å²) in [4.78, 5) is 16.6. The molecule has 1 fully saturated rings. The summed E-state index contributed by atoms with van der Waals surface area (Å²) >= 11 is 3.38.